The van der Waals surface area contributed by atoms with Crippen LogP contribution in [0.3, 0.4) is 0 Å². The number of sulfonamides is 3. The van der Waals surface area contributed by atoms with E-state index in [9.17, 15) is 64.2 Å². The van der Waals surface area contributed by atoms with E-state index in [0.29, 0.717) is 155 Å². The molecule has 0 aliphatic carbocycles. The summed E-state index contributed by atoms with van der Waals surface area (Å²) in [6.45, 7) is 23.6. The van der Waals surface area contributed by atoms with Crippen LogP contribution in [0.15, 0.2) is 122 Å². The van der Waals surface area contributed by atoms with E-state index in [1.165, 1.54) is 63.1 Å². The molecule has 12 aromatic rings. The number of aromatic nitrogens is 12. The molecule has 8 aliphatic heterocycles. The van der Waals surface area contributed by atoms with Gasteiger partial charge in [0.25, 0.3) is 23.6 Å². The maximum Gasteiger partial charge on any atom is 0.256 e. The van der Waals surface area contributed by atoms with Crippen LogP contribution < -0.4 is 39.5 Å². The van der Waals surface area contributed by atoms with Crippen molar-refractivity contribution in [1.29, 1.82) is 0 Å². The highest BCUT2D eigenvalue weighted by Gasteiger charge is 2.42. The van der Waals surface area contributed by atoms with Crippen LogP contribution in [-0.4, -0.2) is 258 Å². The minimum Gasteiger partial charge on any atom is -0.390 e. The number of fused-ring (bicyclic) bond motifs is 4. The third kappa shape index (κ3) is 24.4. The smallest absolute Gasteiger partial charge is 0.256 e. The van der Waals surface area contributed by atoms with Gasteiger partial charge in [0.15, 0.2) is 22.6 Å². The summed E-state index contributed by atoms with van der Waals surface area (Å²) in [6.07, 6.45) is 22.2. The maximum absolute atomic E-state index is 13.8. The van der Waals surface area contributed by atoms with Gasteiger partial charge in [-0.3, -0.25) is 38.2 Å². The van der Waals surface area contributed by atoms with Gasteiger partial charge in [-0.2, -0.15) is 20.4 Å². The number of nitrogens with one attached hydrogen (secondary N) is 3. The number of ketones is 2. The molecule has 0 radical (unpaired) electrons. The molecular weight excluding hydrogens is 2040 g/mol. The van der Waals surface area contributed by atoms with Gasteiger partial charge in [0.1, 0.15) is 34.8 Å². The number of anilines is 6. The number of amides is 4. The molecule has 148 heavy (non-hydrogen) atoms. The first kappa shape index (κ1) is 108. The van der Waals surface area contributed by atoms with Gasteiger partial charge in [-0.25, -0.2) is 68.0 Å². The van der Waals surface area contributed by atoms with Gasteiger partial charge >= 0.3 is 0 Å². The number of halogens is 4. The number of aryl methyl sites for hydroxylation is 4. The number of rotatable bonds is 22. The second kappa shape index (κ2) is 44.8. The van der Waals surface area contributed by atoms with Crippen LogP contribution >= 0.6 is 46.4 Å². The number of carbonyl (C=O) groups is 6. The Kier molecular flexibility index (Phi) is 32.5. The van der Waals surface area contributed by atoms with Crippen molar-refractivity contribution in [2.75, 3.05) is 126 Å². The van der Waals surface area contributed by atoms with Crippen LogP contribution in [0.25, 0.3) is 22.6 Å². The van der Waals surface area contributed by atoms with Crippen LogP contribution in [0.5, 0.6) is 0 Å². The Bertz CT molecular complexity index is 7250. The molecule has 45 heteroatoms. The molecule has 0 bridgehead atoms. The topological polar surface area (TPSA) is 454 Å². The first-order chi connectivity index (χ1) is 70.3. The van der Waals surface area contributed by atoms with Crippen molar-refractivity contribution in [3.05, 3.63) is 220 Å². The Morgan fingerprint density at radius 1 is 0.372 bits per heavy atom. The lowest BCUT2D eigenvalue weighted by molar-refractivity contribution is -0.123. The summed E-state index contributed by atoms with van der Waals surface area (Å²) >= 11 is 24.8. The fourth-order valence-electron chi connectivity index (χ4n) is 21.5. The van der Waals surface area contributed by atoms with Crippen LogP contribution in [0.2, 0.25) is 20.1 Å². The van der Waals surface area contributed by atoms with Gasteiger partial charge in [0.2, 0.25) is 30.1 Å². The third-order valence-corrected chi connectivity index (χ3v) is 31.7. The van der Waals surface area contributed by atoms with Crippen molar-refractivity contribution in [3.63, 3.8) is 0 Å². The summed E-state index contributed by atoms with van der Waals surface area (Å²) in [5.41, 5.74) is 18.7. The Hall–Kier alpha value is -11.8. The minimum atomic E-state index is -3.61. The van der Waals surface area contributed by atoms with Crippen LogP contribution in [-0.2, 0) is 52.7 Å². The SMILES string of the molecule is CC(=O)[C@@H]1CN(c2nc3cc([C@@H]4CCCCN4C(=O)c4cc(Cl)ccc4NS(C)(=O)=O)nn3cc2C)C[C@H]1O.CC(=O)[C@H]1CN(c2nc3cc([C@@H]4CCCCN4C(=O)c4cc(Cl)ccc4NS(C)(=O)=O)nn3cc2C)C[C@@H]1O.Cc1cn2nc([C@@H]3CCCCN3C(=O)c3cc(Cl)ccc3CN)cc2nc1N1CC[C@H](C)C1.Cc1cn2nc([C@@H]3CCCCN3C(=O)c3cc(Cl)ccc3CNS(C)(=O)=O)cc2nc1N1CC[C@H](C)C1. The Balaban J connectivity index is 0.000000135. The number of nitrogens with zero attached hydrogens (tertiary/aromatic N) is 20. The average molecular weight is 2160 g/mol. The quantitative estimate of drug-likeness (QED) is 0.0367. The number of β-amino-alcohol motifs (C(OH)–C–C–N with tert-alkyl or cyclic N) is 2. The number of carbonyl (C=O) groups excluding carboxylic acids is 6. The van der Waals surface area contributed by atoms with E-state index in [2.05, 4.69) is 57.9 Å². The second-order valence-corrected chi connectivity index (χ2v) is 47.7. The molecule has 4 aromatic carbocycles. The van der Waals surface area contributed by atoms with Crippen LogP contribution in [0, 0.1) is 51.4 Å². The Morgan fingerprint density at radius 2 is 0.662 bits per heavy atom. The standard InChI is InChI=1S/2C26H31ClN6O5S.C26H33ClN6O3S.C25H31ClN6O/c2*1-15-12-33-24(28-25(15)31-13-19(16(2)34)23(35)14-31)11-21(29-33)22-6-4-5-9-32(22)26(36)18-10-17(27)7-8-20(18)30-39(3,37)38;1-17-9-11-31(15-17)25-18(2)16-33-24(29-25)13-22(30-33)23-6-4-5-10-32(23)26(34)21-12-20(27)8-7-19(21)14-28-37(3,35)36;1-16-8-10-30(14-16)24-17(2)15-32-23(28-24)12-21(29-32)22-5-3-4-9-31(22)25(33)20-11-19(26)7-6-18(20)13-27/h2*7-8,10-12,19,22-23,30,35H,4-6,9,13-14H2,1-3H3;7-8,12-13,16-17,23,28H,4-6,9-11,14-15H2,1-3H3;6-7,11-12,15-16,22H,3-5,8-10,13-14,27H2,1-2H3/t19-,22+,23+;19-,22-,23+;17-,23-;16-,22-/m1000/s1. The van der Waals surface area contributed by atoms with E-state index in [4.69, 9.17) is 92.5 Å². The van der Waals surface area contributed by atoms with Crippen LogP contribution in [0.4, 0.5) is 34.6 Å². The number of piperidine rings is 4. The zero-order chi connectivity index (χ0) is 106. The molecule has 4 amide bonds. The number of hydrogen-bond acceptors (Lipinski definition) is 27. The number of aliphatic hydroxyl groups is 2. The summed E-state index contributed by atoms with van der Waals surface area (Å²) < 4.78 is 85.4. The number of hydrogen-bond donors (Lipinski definition) is 6. The zero-order valence-electron chi connectivity index (χ0n) is 84.7. The Morgan fingerprint density at radius 3 is 0.946 bits per heavy atom. The highest BCUT2D eigenvalue weighted by Crippen LogP contribution is 2.43. The van der Waals surface area contributed by atoms with Crippen molar-refractivity contribution in [1.82, 2.24) is 82.7 Å². The van der Waals surface area contributed by atoms with Crippen molar-refractivity contribution in [2.24, 2.45) is 29.4 Å². The number of likely N-dealkylation sites (tertiary alicyclic amines) is 4. The Labute approximate surface area is 880 Å². The minimum absolute atomic E-state index is 0.0189. The molecule has 8 fully saturated rings. The molecule has 38 nitrogen and oxygen atoms in total. The number of benzene rings is 4. The molecule has 20 rings (SSSR count). The molecule has 10 atom stereocenters. The molecule has 8 saturated heterocycles. The maximum atomic E-state index is 13.8. The van der Waals surface area contributed by atoms with Crippen molar-refractivity contribution >= 4 is 169 Å². The summed E-state index contributed by atoms with van der Waals surface area (Å²) in [4.78, 5) is 114. The van der Waals surface area contributed by atoms with Gasteiger partial charge in [0.05, 0.1) is 112 Å². The van der Waals surface area contributed by atoms with E-state index < -0.39 is 54.1 Å². The number of aliphatic hydroxyl groups excluding tert-OH is 2. The molecule has 0 saturated carbocycles. The molecule has 8 aliphatic rings. The lowest BCUT2D eigenvalue weighted by Gasteiger charge is -2.35. The van der Waals surface area contributed by atoms with Gasteiger partial charge < -0.3 is 55.1 Å². The normalized spacial score (nSPS) is 21.4. The molecule has 0 unspecified atom stereocenters. The van der Waals surface area contributed by atoms with Gasteiger partial charge in [-0.05, 0) is 215 Å². The fraction of sp³-hybridized carbons (Fsp3) is 0.476. The van der Waals surface area contributed by atoms with Crippen LogP contribution in [0.1, 0.15) is 239 Å². The molecule has 788 valence electrons. The van der Waals surface area contributed by atoms with Crippen molar-refractivity contribution in [2.45, 2.75) is 195 Å². The first-order valence-corrected chi connectivity index (χ1v) is 57.4. The summed E-state index contributed by atoms with van der Waals surface area (Å²) in [6, 6.07) is 26.1. The molecular formula is C103H126Cl4N24O14S3. The number of Topliss-reactive ketones (excluding diaryl/α,β-unsaturated/α-hetero) is 2. The fourth-order valence-corrected chi connectivity index (χ4v) is 23.8. The predicted octanol–water partition coefficient (Wildman–Crippen LogP) is 13.9. The first-order valence-electron chi connectivity index (χ1n) is 50.2. The molecule has 0 spiro atoms. The zero-order valence-corrected chi connectivity index (χ0v) is 90.1. The second-order valence-electron chi connectivity index (χ2n) is 40.6. The lowest BCUT2D eigenvalue weighted by Crippen LogP contribution is -2.39. The summed E-state index contributed by atoms with van der Waals surface area (Å²) in [5.74, 6) is 2.89. The third-order valence-electron chi connectivity index (χ3n) is 28.9. The number of nitrogens with two attached hydrogens (primary N) is 1. The van der Waals surface area contributed by atoms with E-state index in [-0.39, 0.29) is 88.4 Å². The van der Waals surface area contributed by atoms with E-state index >= 15 is 0 Å². The summed E-state index contributed by atoms with van der Waals surface area (Å²) in [7, 11) is -10.6. The van der Waals surface area contributed by atoms with Gasteiger partial charge in [0, 0.05) is 194 Å². The largest absolute Gasteiger partial charge is 0.390 e. The van der Waals surface area contributed by atoms with Crippen molar-refractivity contribution in [3.8, 4) is 0 Å². The summed E-state index contributed by atoms with van der Waals surface area (Å²) in [5, 5.41) is 41.5. The molecule has 7 N–H and O–H groups in total. The van der Waals surface area contributed by atoms with E-state index in [0.717, 1.165) is 171 Å². The molecule has 16 heterocycles. The van der Waals surface area contributed by atoms with Crippen molar-refractivity contribution < 1.29 is 64.2 Å². The monoisotopic (exact) mass is 2160 g/mol. The van der Waals surface area contributed by atoms with Gasteiger partial charge in [-0.1, -0.05) is 72.4 Å². The highest BCUT2D eigenvalue weighted by molar-refractivity contribution is 7.92. The van der Waals surface area contributed by atoms with E-state index in [1.807, 2.05) is 91.4 Å². The highest BCUT2D eigenvalue weighted by atomic mass is 35.5. The lowest BCUT2D eigenvalue weighted by atomic mass is 9.97. The predicted molar refractivity (Wildman–Crippen MR) is 570 cm³/mol. The van der Waals surface area contributed by atoms with E-state index in [1.54, 1.807) is 49.2 Å². The molecule has 8 aromatic heterocycles. The average Bonchev–Trinajstić information content (AvgIpc) is 1.65. The van der Waals surface area contributed by atoms with Gasteiger partial charge in [-0.15, -0.1) is 0 Å².